The minimum atomic E-state index is -3.85. The summed E-state index contributed by atoms with van der Waals surface area (Å²) in [6.45, 7) is 5.65. The lowest BCUT2D eigenvalue weighted by Gasteiger charge is -2.31. The van der Waals surface area contributed by atoms with Gasteiger partial charge in [-0.3, -0.25) is 13.9 Å². The third kappa shape index (κ3) is 6.81. The number of carbonyl (C=O) groups is 2. The molecule has 36 heavy (non-hydrogen) atoms. The lowest BCUT2D eigenvalue weighted by molar-refractivity contribution is -0.139. The maximum absolute atomic E-state index is 13.6. The SMILES string of the molecule is COc1cccc(CN(C(=O)CN(c2ccc3c(c2)OCO3)S(C)(=O)=O)[C@@H](C)C(=O)NCC(C)C)c1. The van der Waals surface area contributed by atoms with Crippen LogP contribution in [0.1, 0.15) is 26.3 Å². The molecule has 1 heterocycles. The largest absolute Gasteiger partial charge is 0.497 e. The molecule has 0 saturated heterocycles. The van der Waals surface area contributed by atoms with Crippen LogP contribution in [-0.4, -0.2) is 64.4 Å². The van der Waals surface area contributed by atoms with Gasteiger partial charge in [-0.25, -0.2) is 8.42 Å². The van der Waals surface area contributed by atoms with Gasteiger partial charge in [-0.05, 0) is 42.7 Å². The molecule has 0 aliphatic carbocycles. The zero-order valence-electron chi connectivity index (χ0n) is 21.2. The molecule has 2 aromatic carbocycles. The summed E-state index contributed by atoms with van der Waals surface area (Å²) in [6, 6.07) is 11.0. The van der Waals surface area contributed by atoms with E-state index < -0.39 is 28.5 Å². The smallest absolute Gasteiger partial charge is 0.244 e. The van der Waals surface area contributed by atoms with Gasteiger partial charge in [0, 0.05) is 19.2 Å². The van der Waals surface area contributed by atoms with Gasteiger partial charge in [-0.2, -0.15) is 0 Å². The topological polar surface area (TPSA) is 114 Å². The van der Waals surface area contributed by atoms with Crippen molar-refractivity contribution in [1.82, 2.24) is 10.2 Å². The second kappa shape index (κ2) is 11.5. The molecule has 3 rings (SSSR count). The minimum Gasteiger partial charge on any atom is -0.497 e. The van der Waals surface area contributed by atoms with E-state index >= 15 is 0 Å². The van der Waals surface area contributed by atoms with E-state index in [1.807, 2.05) is 19.9 Å². The third-order valence-corrected chi connectivity index (χ3v) is 6.80. The number of hydrogen-bond donors (Lipinski definition) is 1. The quantitative estimate of drug-likeness (QED) is 0.485. The first-order valence-electron chi connectivity index (χ1n) is 11.6. The highest BCUT2D eigenvalue weighted by molar-refractivity contribution is 7.92. The summed E-state index contributed by atoms with van der Waals surface area (Å²) >= 11 is 0. The van der Waals surface area contributed by atoms with Crippen molar-refractivity contribution in [2.75, 3.05) is 37.6 Å². The maximum Gasteiger partial charge on any atom is 0.244 e. The summed E-state index contributed by atoms with van der Waals surface area (Å²) in [5.74, 6) is 0.865. The molecule has 0 fully saturated rings. The van der Waals surface area contributed by atoms with Gasteiger partial charge in [-0.15, -0.1) is 0 Å². The average Bonchev–Trinajstić information content (AvgIpc) is 3.31. The summed E-state index contributed by atoms with van der Waals surface area (Å²) in [5, 5.41) is 2.85. The van der Waals surface area contributed by atoms with Gasteiger partial charge in [-0.1, -0.05) is 26.0 Å². The normalized spacial score (nSPS) is 13.3. The molecule has 10 nitrogen and oxygen atoms in total. The number of carbonyl (C=O) groups excluding carboxylic acids is 2. The first kappa shape index (κ1) is 27.1. The molecule has 0 saturated carbocycles. The van der Waals surface area contributed by atoms with Crippen LogP contribution >= 0.6 is 0 Å². The number of sulfonamides is 1. The number of amides is 2. The number of rotatable bonds is 11. The van der Waals surface area contributed by atoms with Crippen molar-refractivity contribution in [2.45, 2.75) is 33.4 Å². The Morgan fingerprint density at radius 1 is 1.08 bits per heavy atom. The van der Waals surface area contributed by atoms with Crippen molar-refractivity contribution in [3.63, 3.8) is 0 Å². The molecule has 2 amide bonds. The van der Waals surface area contributed by atoms with E-state index in [0.717, 1.165) is 16.1 Å². The van der Waals surface area contributed by atoms with Crippen LogP contribution in [0.25, 0.3) is 0 Å². The zero-order chi connectivity index (χ0) is 26.5. The van der Waals surface area contributed by atoms with E-state index in [0.29, 0.717) is 23.8 Å². The van der Waals surface area contributed by atoms with E-state index in [1.54, 1.807) is 44.4 Å². The van der Waals surface area contributed by atoms with E-state index in [-0.39, 0.29) is 30.9 Å². The zero-order valence-corrected chi connectivity index (χ0v) is 22.0. The van der Waals surface area contributed by atoms with E-state index in [1.165, 1.54) is 11.0 Å². The fraction of sp³-hybridized carbons (Fsp3) is 0.440. The molecule has 0 radical (unpaired) electrons. The molecule has 196 valence electrons. The molecule has 2 aromatic rings. The van der Waals surface area contributed by atoms with Crippen LogP contribution in [-0.2, 0) is 26.2 Å². The first-order chi connectivity index (χ1) is 17.0. The highest BCUT2D eigenvalue weighted by atomic mass is 32.2. The number of anilines is 1. The molecule has 1 atom stereocenters. The standard InChI is InChI=1S/C25H33N3O7S/c1-17(2)13-26-25(30)18(3)27(14-19-7-6-8-21(11-19)33-4)24(29)15-28(36(5,31)32)20-9-10-22-23(12-20)35-16-34-22/h6-12,17-18H,13-16H2,1-5H3,(H,26,30)/t18-/m0/s1. The molecule has 0 spiro atoms. The summed E-state index contributed by atoms with van der Waals surface area (Å²) in [7, 11) is -2.30. The molecule has 0 aromatic heterocycles. The van der Waals surface area contributed by atoms with Crippen LogP contribution in [0.15, 0.2) is 42.5 Å². The number of methoxy groups -OCH3 is 1. The minimum absolute atomic E-state index is 0.0356. The van der Waals surface area contributed by atoms with E-state index in [9.17, 15) is 18.0 Å². The average molecular weight is 520 g/mol. The van der Waals surface area contributed by atoms with Crippen molar-refractivity contribution in [1.29, 1.82) is 0 Å². The van der Waals surface area contributed by atoms with Gasteiger partial charge in [0.25, 0.3) is 0 Å². The second-order valence-corrected chi connectivity index (χ2v) is 10.9. The number of hydrogen-bond acceptors (Lipinski definition) is 7. The molecule has 1 aliphatic heterocycles. The third-order valence-electron chi connectivity index (χ3n) is 5.66. The lowest BCUT2D eigenvalue weighted by Crippen LogP contribution is -2.51. The van der Waals surface area contributed by atoms with Gasteiger partial charge in [0.05, 0.1) is 19.1 Å². The second-order valence-electron chi connectivity index (χ2n) is 9.00. The monoisotopic (exact) mass is 519 g/mol. The molecule has 0 unspecified atom stereocenters. The van der Waals surface area contributed by atoms with Gasteiger partial charge in [0.15, 0.2) is 11.5 Å². The summed E-state index contributed by atoms with van der Waals surface area (Å²) < 4.78 is 42.3. The summed E-state index contributed by atoms with van der Waals surface area (Å²) in [5.41, 5.74) is 0.994. The maximum atomic E-state index is 13.6. The lowest BCUT2D eigenvalue weighted by atomic mass is 10.1. The van der Waals surface area contributed by atoms with Crippen LogP contribution in [0.4, 0.5) is 5.69 Å². The van der Waals surface area contributed by atoms with Crippen molar-refractivity contribution < 1.29 is 32.2 Å². The molecular formula is C25H33N3O7S. The summed E-state index contributed by atoms with van der Waals surface area (Å²) in [6.07, 6.45) is 1.02. The van der Waals surface area contributed by atoms with Crippen LogP contribution in [0.3, 0.4) is 0 Å². The van der Waals surface area contributed by atoms with E-state index in [2.05, 4.69) is 5.32 Å². The number of benzene rings is 2. The van der Waals surface area contributed by atoms with Crippen LogP contribution in [0.2, 0.25) is 0 Å². The van der Waals surface area contributed by atoms with Crippen LogP contribution in [0, 0.1) is 5.92 Å². The Balaban J connectivity index is 1.90. The fourth-order valence-corrected chi connectivity index (χ4v) is 4.50. The van der Waals surface area contributed by atoms with Crippen molar-refractivity contribution in [3.8, 4) is 17.2 Å². The summed E-state index contributed by atoms with van der Waals surface area (Å²) in [4.78, 5) is 27.9. The number of nitrogens with zero attached hydrogens (tertiary/aromatic N) is 2. The Bertz CT molecular complexity index is 1200. The Hall–Kier alpha value is -3.47. The Kier molecular flexibility index (Phi) is 8.67. The predicted molar refractivity (Wildman–Crippen MR) is 136 cm³/mol. The molecular weight excluding hydrogens is 486 g/mol. The van der Waals surface area contributed by atoms with Gasteiger partial charge < -0.3 is 24.4 Å². The molecule has 1 aliphatic rings. The molecule has 0 bridgehead atoms. The Morgan fingerprint density at radius 3 is 2.47 bits per heavy atom. The fourth-order valence-electron chi connectivity index (χ4n) is 3.66. The number of fused-ring (bicyclic) bond motifs is 1. The highest BCUT2D eigenvalue weighted by Gasteiger charge is 2.31. The Morgan fingerprint density at radius 2 is 1.81 bits per heavy atom. The highest BCUT2D eigenvalue weighted by Crippen LogP contribution is 2.36. The first-order valence-corrected chi connectivity index (χ1v) is 13.4. The number of ether oxygens (including phenoxy) is 3. The van der Waals surface area contributed by atoms with Crippen molar-refractivity contribution in [3.05, 3.63) is 48.0 Å². The number of nitrogens with one attached hydrogen (secondary N) is 1. The van der Waals surface area contributed by atoms with Crippen LogP contribution < -0.4 is 23.8 Å². The van der Waals surface area contributed by atoms with Crippen LogP contribution in [0.5, 0.6) is 17.2 Å². The van der Waals surface area contributed by atoms with E-state index in [4.69, 9.17) is 14.2 Å². The van der Waals surface area contributed by atoms with Gasteiger partial charge >= 0.3 is 0 Å². The van der Waals surface area contributed by atoms with Gasteiger partial charge in [0.2, 0.25) is 28.6 Å². The molecule has 11 heteroatoms. The predicted octanol–water partition coefficient (Wildman–Crippen LogP) is 2.38. The van der Waals surface area contributed by atoms with Gasteiger partial charge in [0.1, 0.15) is 18.3 Å². The molecule has 1 N–H and O–H groups in total. The Labute approximate surface area is 212 Å². The van der Waals surface area contributed by atoms with Crippen molar-refractivity contribution >= 4 is 27.5 Å². The van der Waals surface area contributed by atoms with Crippen molar-refractivity contribution in [2.24, 2.45) is 5.92 Å².